The molecule has 1 amide bonds. The second-order valence-electron chi connectivity index (χ2n) is 4.58. The SMILES string of the molecule is CSCC[C@H](N)C(=O)Nc1ccc2oc(C(F)(F)F)nc2c1. The molecule has 0 saturated heterocycles. The summed E-state index contributed by atoms with van der Waals surface area (Å²) in [6.45, 7) is 0. The molecule has 9 heteroatoms. The van der Waals surface area contributed by atoms with Gasteiger partial charge in [-0.15, -0.1) is 0 Å². The number of carbonyl (C=O) groups excluding carboxylic acids is 1. The van der Waals surface area contributed by atoms with Crippen molar-refractivity contribution in [1.82, 2.24) is 4.98 Å². The molecule has 22 heavy (non-hydrogen) atoms. The molecule has 1 aromatic carbocycles. The highest BCUT2D eigenvalue weighted by Gasteiger charge is 2.37. The Labute approximate surface area is 128 Å². The average Bonchev–Trinajstić information content (AvgIpc) is 2.87. The Bertz CT molecular complexity index is 672. The Morgan fingerprint density at radius 3 is 2.86 bits per heavy atom. The van der Waals surface area contributed by atoms with Gasteiger partial charge in [-0.1, -0.05) is 0 Å². The Balaban J connectivity index is 2.14. The van der Waals surface area contributed by atoms with Gasteiger partial charge in [0.15, 0.2) is 5.58 Å². The number of anilines is 1. The summed E-state index contributed by atoms with van der Waals surface area (Å²) >= 11 is 1.57. The van der Waals surface area contributed by atoms with Gasteiger partial charge >= 0.3 is 12.1 Å². The number of rotatable bonds is 5. The van der Waals surface area contributed by atoms with E-state index < -0.39 is 24.0 Å². The number of fused-ring (bicyclic) bond motifs is 1. The maximum Gasteiger partial charge on any atom is 0.468 e. The van der Waals surface area contributed by atoms with Crippen molar-refractivity contribution in [2.24, 2.45) is 5.73 Å². The van der Waals surface area contributed by atoms with E-state index in [9.17, 15) is 18.0 Å². The third kappa shape index (κ3) is 3.92. The maximum absolute atomic E-state index is 12.5. The molecule has 0 aliphatic heterocycles. The standard InChI is InChI=1S/C13H14F3N3O2S/c1-22-5-4-8(17)11(20)18-7-2-3-10-9(6-7)19-12(21-10)13(14,15)16/h2-3,6,8H,4-5,17H2,1H3,(H,18,20)/t8-/m0/s1. The molecule has 0 aliphatic rings. The van der Waals surface area contributed by atoms with Crippen molar-refractivity contribution in [2.45, 2.75) is 18.6 Å². The molecule has 3 N–H and O–H groups in total. The van der Waals surface area contributed by atoms with Crippen molar-refractivity contribution >= 4 is 34.5 Å². The number of nitrogens with zero attached hydrogens (tertiary/aromatic N) is 1. The molecule has 2 rings (SSSR count). The van der Waals surface area contributed by atoms with Crippen LogP contribution in [0.15, 0.2) is 22.6 Å². The van der Waals surface area contributed by atoms with Crippen LogP contribution in [-0.4, -0.2) is 28.9 Å². The Hall–Kier alpha value is -1.74. The fourth-order valence-electron chi connectivity index (χ4n) is 1.74. The van der Waals surface area contributed by atoms with E-state index in [1.54, 1.807) is 11.8 Å². The highest BCUT2D eigenvalue weighted by molar-refractivity contribution is 7.98. The molecule has 0 spiro atoms. The van der Waals surface area contributed by atoms with E-state index in [0.29, 0.717) is 12.1 Å². The quantitative estimate of drug-likeness (QED) is 0.879. The number of halogens is 3. The number of oxazole rings is 1. The first-order valence-corrected chi connectivity index (χ1v) is 7.74. The normalized spacial score (nSPS) is 13.3. The van der Waals surface area contributed by atoms with Crippen LogP contribution in [-0.2, 0) is 11.0 Å². The summed E-state index contributed by atoms with van der Waals surface area (Å²) in [5.74, 6) is -0.971. The second-order valence-corrected chi connectivity index (χ2v) is 5.56. The minimum absolute atomic E-state index is 0.00277. The van der Waals surface area contributed by atoms with Gasteiger partial charge in [0.1, 0.15) is 5.52 Å². The Kier molecular flexibility index (Phi) is 4.97. The zero-order chi connectivity index (χ0) is 16.3. The van der Waals surface area contributed by atoms with E-state index in [-0.39, 0.29) is 11.1 Å². The summed E-state index contributed by atoms with van der Waals surface area (Å²) < 4.78 is 42.2. The molecule has 0 fully saturated rings. The number of hydrogen-bond acceptors (Lipinski definition) is 5. The van der Waals surface area contributed by atoms with Crippen LogP contribution < -0.4 is 11.1 Å². The van der Waals surface area contributed by atoms with Crippen LogP contribution in [0.25, 0.3) is 11.1 Å². The van der Waals surface area contributed by atoms with E-state index in [2.05, 4.69) is 14.7 Å². The number of nitrogens with one attached hydrogen (secondary N) is 1. The molecule has 1 atom stereocenters. The smallest absolute Gasteiger partial charge is 0.433 e. The number of hydrogen-bond donors (Lipinski definition) is 2. The summed E-state index contributed by atoms with van der Waals surface area (Å²) in [6.07, 6.45) is -2.23. The molecular formula is C13H14F3N3O2S. The number of thioether (sulfide) groups is 1. The molecule has 0 unspecified atom stereocenters. The van der Waals surface area contributed by atoms with Crippen LogP contribution in [0.4, 0.5) is 18.9 Å². The number of aromatic nitrogens is 1. The van der Waals surface area contributed by atoms with Crippen molar-refractivity contribution in [1.29, 1.82) is 0 Å². The molecule has 5 nitrogen and oxygen atoms in total. The van der Waals surface area contributed by atoms with E-state index >= 15 is 0 Å². The van der Waals surface area contributed by atoms with Crippen molar-refractivity contribution in [3.05, 3.63) is 24.1 Å². The first-order chi connectivity index (χ1) is 10.3. The number of carbonyl (C=O) groups is 1. The highest BCUT2D eigenvalue weighted by Crippen LogP contribution is 2.31. The number of alkyl halides is 3. The zero-order valence-corrected chi connectivity index (χ0v) is 12.4. The number of benzene rings is 1. The zero-order valence-electron chi connectivity index (χ0n) is 11.6. The lowest BCUT2D eigenvalue weighted by Gasteiger charge is -2.11. The average molecular weight is 333 g/mol. The molecule has 0 saturated carbocycles. The van der Waals surface area contributed by atoms with Gasteiger partial charge < -0.3 is 15.5 Å². The third-order valence-electron chi connectivity index (χ3n) is 2.87. The summed E-state index contributed by atoms with van der Waals surface area (Å²) in [4.78, 5) is 15.2. The monoisotopic (exact) mass is 333 g/mol. The predicted molar refractivity (Wildman–Crippen MR) is 78.6 cm³/mol. The Morgan fingerprint density at radius 2 is 2.23 bits per heavy atom. The summed E-state index contributed by atoms with van der Waals surface area (Å²) in [7, 11) is 0. The number of amides is 1. The molecular weight excluding hydrogens is 319 g/mol. The summed E-state index contributed by atoms with van der Waals surface area (Å²) in [5.41, 5.74) is 6.05. The van der Waals surface area contributed by atoms with Gasteiger partial charge in [-0.2, -0.15) is 24.9 Å². The lowest BCUT2D eigenvalue weighted by atomic mass is 10.2. The largest absolute Gasteiger partial charge is 0.468 e. The predicted octanol–water partition coefficient (Wildman–Crippen LogP) is 2.87. The van der Waals surface area contributed by atoms with Crippen molar-refractivity contribution in [2.75, 3.05) is 17.3 Å². The van der Waals surface area contributed by atoms with E-state index in [4.69, 9.17) is 5.73 Å². The van der Waals surface area contributed by atoms with Crippen molar-refractivity contribution in [3.8, 4) is 0 Å². The molecule has 1 aromatic heterocycles. The molecule has 0 radical (unpaired) electrons. The van der Waals surface area contributed by atoms with Crippen LogP contribution >= 0.6 is 11.8 Å². The second kappa shape index (κ2) is 6.57. The van der Waals surface area contributed by atoms with Gasteiger partial charge in [0.05, 0.1) is 6.04 Å². The van der Waals surface area contributed by atoms with Gasteiger partial charge in [0, 0.05) is 5.69 Å². The van der Waals surface area contributed by atoms with Gasteiger partial charge in [0.25, 0.3) is 0 Å². The van der Waals surface area contributed by atoms with Gasteiger partial charge in [-0.3, -0.25) is 4.79 Å². The van der Waals surface area contributed by atoms with Crippen LogP contribution in [0.2, 0.25) is 0 Å². The lowest BCUT2D eigenvalue weighted by Crippen LogP contribution is -2.36. The van der Waals surface area contributed by atoms with E-state index in [1.807, 2.05) is 6.26 Å². The first kappa shape index (κ1) is 16.6. The van der Waals surface area contributed by atoms with Gasteiger partial charge in [0.2, 0.25) is 5.91 Å². The van der Waals surface area contributed by atoms with Crippen molar-refractivity contribution < 1.29 is 22.4 Å². The molecule has 2 aromatic rings. The van der Waals surface area contributed by atoms with Crippen LogP contribution in [0.3, 0.4) is 0 Å². The van der Waals surface area contributed by atoms with Gasteiger partial charge in [-0.25, -0.2) is 4.98 Å². The maximum atomic E-state index is 12.5. The van der Waals surface area contributed by atoms with E-state index in [1.165, 1.54) is 18.2 Å². The summed E-state index contributed by atoms with van der Waals surface area (Å²) in [5, 5.41) is 2.55. The van der Waals surface area contributed by atoms with Crippen LogP contribution in [0.5, 0.6) is 0 Å². The molecule has 0 aliphatic carbocycles. The van der Waals surface area contributed by atoms with Crippen LogP contribution in [0.1, 0.15) is 12.3 Å². The Morgan fingerprint density at radius 1 is 1.50 bits per heavy atom. The highest BCUT2D eigenvalue weighted by atomic mass is 32.2. The molecule has 1 heterocycles. The minimum Gasteiger partial charge on any atom is -0.433 e. The fourth-order valence-corrected chi connectivity index (χ4v) is 2.23. The van der Waals surface area contributed by atoms with Crippen LogP contribution in [0, 0.1) is 0 Å². The number of nitrogens with two attached hydrogens (primary N) is 1. The summed E-state index contributed by atoms with van der Waals surface area (Å²) in [6, 6.07) is 3.40. The molecule has 0 bridgehead atoms. The lowest BCUT2D eigenvalue weighted by molar-refractivity contribution is -0.156. The minimum atomic E-state index is -4.65. The van der Waals surface area contributed by atoms with Gasteiger partial charge in [-0.05, 0) is 36.6 Å². The van der Waals surface area contributed by atoms with E-state index in [0.717, 1.165) is 5.75 Å². The van der Waals surface area contributed by atoms with Crippen molar-refractivity contribution in [3.63, 3.8) is 0 Å². The first-order valence-electron chi connectivity index (χ1n) is 6.34. The molecule has 120 valence electrons. The third-order valence-corrected chi connectivity index (χ3v) is 3.51. The fraction of sp³-hybridized carbons (Fsp3) is 0.385. The topological polar surface area (TPSA) is 81.2 Å².